The fourth-order valence-corrected chi connectivity index (χ4v) is 2.86. The molecule has 0 heterocycles. The van der Waals surface area contributed by atoms with E-state index in [0.717, 1.165) is 5.56 Å². The third-order valence-corrected chi connectivity index (χ3v) is 4.10. The maximum atomic E-state index is 13.9. The molecule has 0 bridgehead atoms. The van der Waals surface area contributed by atoms with Gasteiger partial charge in [-0.25, -0.2) is 9.18 Å². The molecule has 3 rings (SSSR count). The van der Waals surface area contributed by atoms with E-state index in [9.17, 15) is 14.0 Å². The van der Waals surface area contributed by atoms with Crippen molar-refractivity contribution < 1.29 is 18.7 Å². The summed E-state index contributed by atoms with van der Waals surface area (Å²) in [6.45, 7) is 5.33. The second kappa shape index (κ2) is 8.27. The molecule has 0 radical (unpaired) electrons. The standard InChI is InChI=1S/C24H22FNO3/c1-24(2,3)29-23(28)26-19-12-9-17(10-13-19)22(27)21-15-18(25)11-14-20(21)16-7-5-4-6-8-16/h4-15H,1-3H3,(H,26,28). The van der Waals surface area contributed by atoms with E-state index >= 15 is 0 Å². The van der Waals surface area contributed by atoms with E-state index in [-0.39, 0.29) is 11.3 Å². The van der Waals surface area contributed by atoms with Crippen LogP contribution in [0.15, 0.2) is 72.8 Å². The smallest absolute Gasteiger partial charge is 0.412 e. The predicted molar refractivity (Wildman–Crippen MR) is 112 cm³/mol. The zero-order chi connectivity index (χ0) is 21.0. The summed E-state index contributed by atoms with van der Waals surface area (Å²) in [5.41, 5.74) is 2.06. The molecule has 0 aliphatic heterocycles. The van der Waals surface area contributed by atoms with Gasteiger partial charge in [0.1, 0.15) is 11.4 Å². The molecule has 0 spiro atoms. The molecule has 0 aliphatic carbocycles. The van der Waals surface area contributed by atoms with Crippen molar-refractivity contribution in [2.24, 2.45) is 0 Å². The Balaban J connectivity index is 1.84. The number of halogens is 1. The van der Waals surface area contributed by atoms with Gasteiger partial charge in [0.25, 0.3) is 0 Å². The fraction of sp³-hybridized carbons (Fsp3) is 0.167. The molecular weight excluding hydrogens is 369 g/mol. The summed E-state index contributed by atoms with van der Waals surface area (Å²) in [7, 11) is 0. The van der Waals surface area contributed by atoms with Crippen molar-refractivity contribution in [1.82, 2.24) is 0 Å². The number of rotatable bonds is 4. The minimum Gasteiger partial charge on any atom is -0.444 e. The van der Waals surface area contributed by atoms with E-state index in [2.05, 4.69) is 5.32 Å². The average Bonchev–Trinajstić information content (AvgIpc) is 2.67. The summed E-state index contributed by atoms with van der Waals surface area (Å²) < 4.78 is 19.1. The minimum atomic E-state index is -0.606. The van der Waals surface area contributed by atoms with Crippen LogP contribution < -0.4 is 5.32 Å². The van der Waals surface area contributed by atoms with Gasteiger partial charge in [-0.15, -0.1) is 0 Å². The van der Waals surface area contributed by atoms with Gasteiger partial charge in [0, 0.05) is 16.8 Å². The molecule has 0 unspecified atom stereocenters. The highest BCUT2D eigenvalue weighted by Crippen LogP contribution is 2.27. The number of carbonyl (C=O) groups excluding carboxylic acids is 2. The number of carbonyl (C=O) groups is 2. The Bertz CT molecular complexity index is 1020. The number of nitrogens with one attached hydrogen (secondary N) is 1. The van der Waals surface area contributed by atoms with E-state index in [4.69, 9.17) is 4.74 Å². The summed E-state index contributed by atoms with van der Waals surface area (Å²) in [6.07, 6.45) is -0.576. The van der Waals surface area contributed by atoms with Crippen LogP contribution in [-0.2, 0) is 4.74 Å². The fourth-order valence-electron chi connectivity index (χ4n) is 2.86. The molecule has 0 saturated heterocycles. The number of ether oxygens (including phenoxy) is 1. The molecule has 5 heteroatoms. The van der Waals surface area contributed by atoms with Crippen LogP contribution in [0.1, 0.15) is 36.7 Å². The molecule has 29 heavy (non-hydrogen) atoms. The van der Waals surface area contributed by atoms with Crippen molar-refractivity contribution in [3.8, 4) is 11.1 Å². The minimum absolute atomic E-state index is 0.282. The van der Waals surface area contributed by atoms with E-state index in [0.29, 0.717) is 16.8 Å². The van der Waals surface area contributed by atoms with Crippen molar-refractivity contribution in [2.45, 2.75) is 26.4 Å². The Hall–Kier alpha value is -3.47. The molecule has 0 aliphatic rings. The lowest BCUT2D eigenvalue weighted by Gasteiger charge is -2.19. The second-order valence-corrected chi connectivity index (χ2v) is 7.59. The number of hydrogen-bond acceptors (Lipinski definition) is 3. The molecule has 1 amide bonds. The van der Waals surface area contributed by atoms with Gasteiger partial charge in [0.2, 0.25) is 0 Å². The first-order valence-electron chi connectivity index (χ1n) is 9.23. The van der Waals surface area contributed by atoms with Gasteiger partial charge in [-0.3, -0.25) is 10.1 Å². The first-order valence-corrected chi connectivity index (χ1v) is 9.23. The van der Waals surface area contributed by atoms with Crippen LogP contribution >= 0.6 is 0 Å². The lowest BCUT2D eigenvalue weighted by molar-refractivity contribution is 0.0636. The maximum absolute atomic E-state index is 13.9. The van der Waals surface area contributed by atoms with Crippen molar-refractivity contribution in [3.63, 3.8) is 0 Å². The Labute approximate surface area is 169 Å². The first kappa shape index (κ1) is 20.3. The van der Waals surface area contributed by atoms with Crippen LogP contribution in [0.4, 0.5) is 14.9 Å². The van der Waals surface area contributed by atoms with Crippen molar-refractivity contribution >= 4 is 17.6 Å². The first-order chi connectivity index (χ1) is 13.7. The molecule has 0 atom stereocenters. The highest BCUT2D eigenvalue weighted by atomic mass is 19.1. The van der Waals surface area contributed by atoms with Gasteiger partial charge in [0.15, 0.2) is 5.78 Å². The quantitative estimate of drug-likeness (QED) is 0.549. The number of benzene rings is 3. The second-order valence-electron chi connectivity index (χ2n) is 7.59. The van der Waals surface area contributed by atoms with Gasteiger partial charge in [-0.2, -0.15) is 0 Å². The molecule has 3 aromatic rings. The summed E-state index contributed by atoms with van der Waals surface area (Å²) >= 11 is 0. The Kier molecular flexibility index (Phi) is 5.78. The van der Waals surface area contributed by atoms with Crippen molar-refractivity contribution in [2.75, 3.05) is 5.32 Å². The molecule has 3 aromatic carbocycles. The van der Waals surface area contributed by atoms with E-state index in [1.165, 1.54) is 12.1 Å². The molecule has 0 saturated carbocycles. The largest absolute Gasteiger partial charge is 0.444 e. The van der Waals surface area contributed by atoms with E-state index in [1.54, 1.807) is 51.1 Å². The van der Waals surface area contributed by atoms with Gasteiger partial charge < -0.3 is 4.74 Å². The van der Waals surface area contributed by atoms with Crippen LogP contribution in [-0.4, -0.2) is 17.5 Å². The molecule has 1 N–H and O–H groups in total. The monoisotopic (exact) mass is 391 g/mol. The summed E-state index contributed by atoms with van der Waals surface area (Å²) in [4.78, 5) is 24.9. The van der Waals surface area contributed by atoms with Gasteiger partial charge >= 0.3 is 6.09 Å². The number of amides is 1. The van der Waals surface area contributed by atoms with Gasteiger partial charge in [-0.05, 0) is 68.3 Å². The van der Waals surface area contributed by atoms with Gasteiger partial charge in [0.05, 0.1) is 0 Å². The van der Waals surface area contributed by atoms with Crippen LogP contribution in [0.25, 0.3) is 11.1 Å². The summed E-state index contributed by atoms with van der Waals surface area (Å²) in [5.74, 6) is -0.775. The van der Waals surface area contributed by atoms with Crippen LogP contribution in [0, 0.1) is 5.82 Å². The maximum Gasteiger partial charge on any atom is 0.412 e. The van der Waals surface area contributed by atoms with E-state index in [1.807, 2.05) is 30.3 Å². The number of anilines is 1. The van der Waals surface area contributed by atoms with Crippen molar-refractivity contribution in [3.05, 3.63) is 89.7 Å². The molecule has 4 nitrogen and oxygen atoms in total. The molecule has 0 fully saturated rings. The molecule has 148 valence electrons. The van der Waals surface area contributed by atoms with Crippen LogP contribution in [0.5, 0.6) is 0 Å². The molecular formula is C24H22FNO3. The topological polar surface area (TPSA) is 55.4 Å². The van der Waals surface area contributed by atoms with Gasteiger partial charge in [-0.1, -0.05) is 36.4 Å². The van der Waals surface area contributed by atoms with Crippen molar-refractivity contribution in [1.29, 1.82) is 0 Å². The third-order valence-electron chi connectivity index (χ3n) is 4.10. The number of hydrogen-bond donors (Lipinski definition) is 1. The number of ketones is 1. The Morgan fingerprint density at radius 3 is 2.17 bits per heavy atom. The summed E-state index contributed by atoms with van der Waals surface area (Å²) in [6, 6.07) is 20.0. The normalized spacial score (nSPS) is 11.0. The Morgan fingerprint density at radius 2 is 1.55 bits per heavy atom. The lowest BCUT2D eigenvalue weighted by atomic mass is 9.94. The lowest BCUT2D eigenvalue weighted by Crippen LogP contribution is -2.27. The van der Waals surface area contributed by atoms with Crippen LogP contribution in [0.2, 0.25) is 0 Å². The zero-order valence-electron chi connectivity index (χ0n) is 16.5. The third kappa shape index (κ3) is 5.29. The van der Waals surface area contributed by atoms with Crippen LogP contribution in [0.3, 0.4) is 0 Å². The van der Waals surface area contributed by atoms with E-state index < -0.39 is 17.5 Å². The zero-order valence-corrected chi connectivity index (χ0v) is 16.5. The summed E-state index contributed by atoms with van der Waals surface area (Å²) in [5, 5.41) is 2.62. The Morgan fingerprint density at radius 1 is 0.897 bits per heavy atom. The highest BCUT2D eigenvalue weighted by molar-refractivity contribution is 6.13. The molecule has 0 aromatic heterocycles. The predicted octanol–water partition coefficient (Wildman–Crippen LogP) is 6.07. The SMILES string of the molecule is CC(C)(C)OC(=O)Nc1ccc(C(=O)c2cc(F)ccc2-c2ccccc2)cc1. The highest BCUT2D eigenvalue weighted by Gasteiger charge is 2.18. The average molecular weight is 391 g/mol.